The molecular formula is C24H30ClN. The lowest BCUT2D eigenvalue weighted by Crippen LogP contribution is -2.24. The molecule has 2 heteroatoms. The molecule has 0 fully saturated rings. The van der Waals surface area contributed by atoms with Crippen molar-refractivity contribution in [2.24, 2.45) is 5.41 Å². The molecule has 0 heterocycles. The van der Waals surface area contributed by atoms with Crippen molar-refractivity contribution in [1.82, 2.24) is 5.32 Å². The number of hydrogen-bond donors (Lipinski definition) is 1. The standard InChI is InChI=1S/C24H30ClN/c1-7-24(6,22-13-15-23(25)16-14-22)18(3)17(2)19(4)26-20(5)21-11-9-8-10-12-21/h8-15,23,26H,3,5,7,16H2,1-2,4,6H3/b19-17+. The maximum atomic E-state index is 6.20. The molecule has 1 N–H and O–H groups in total. The minimum atomic E-state index is -0.103. The highest BCUT2D eigenvalue weighted by atomic mass is 35.5. The van der Waals surface area contributed by atoms with E-state index in [0.717, 1.165) is 35.4 Å². The molecule has 0 spiro atoms. The van der Waals surface area contributed by atoms with Crippen LogP contribution in [0.4, 0.5) is 0 Å². The Labute approximate surface area is 163 Å². The van der Waals surface area contributed by atoms with Gasteiger partial charge >= 0.3 is 0 Å². The molecule has 2 rings (SSSR count). The van der Waals surface area contributed by atoms with Crippen LogP contribution < -0.4 is 5.32 Å². The third-order valence-corrected chi connectivity index (χ3v) is 5.86. The Morgan fingerprint density at radius 3 is 2.42 bits per heavy atom. The van der Waals surface area contributed by atoms with Crippen molar-refractivity contribution in [2.45, 2.75) is 45.9 Å². The zero-order valence-electron chi connectivity index (χ0n) is 16.4. The maximum Gasteiger partial charge on any atom is 0.0553 e. The number of nitrogens with one attached hydrogen (secondary N) is 1. The second-order valence-corrected chi connectivity index (χ2v) is 7.71. The van der Waals surface area contributed by atoms with Gasteiger partial charge in [-0.15, -0.1) is 11.6 Å². The first-order valence-electron chi connectivity index (χ1n) is 9.21. The van der Waals surface area contributed by atoms with Gasteiger partial charge in [-0.25, -0.2) is 0 Å². The zero-order valence-corrected chi connectivity index (χ0v) is 17.2. The Morgan fingerprint density at radius 1 is 1.23 bits per heavy atom. The summed E-state index contributed by atoms with van der Waals surface area (Å²) < 4.78 is 0. The Morgan fingerprint density at radius 2 is 1.88 bits per heavy atom. The van der Waals surface area contributed by atoms with E-state index in [0.29, 0.717) is 0 Å². The van der Waals surface area contributed by atoms with E-state index in [2.05, 4.69) is 76.5 Å². The van der Waals surface area contributed by atoms with Crippen LogP contribution in [0.25, 0.3) is 5.70 Å². The summed E-state index contributed by atoms with van der Waals surface area (Å²) in [5, 5.41) is 3.55. The van der Waals surface area contributed by atoms with Crippen molar-refractivity contribution in [3.05, 3.63) is 89.7 Å². The van der Waals surface area contributed by atoms with Gasteiger partial charge in [-0.3, -0.25) is 0 Å². The van der Waals surface area contributed by atoms with Gasteiger partial charge in [-0.2, -0.15) is 0 Å². The molecule has 138 valence electrons. The van der Waals surface area contributed by atoms with Crippen molar-refractivity contribution in [2.75, 3.05) is 0 Å². The van der Waals surface area contributed by atoms with E-state index in [1.54, 1.807) is 0 Å². The molecule has 1 nitrogen and oxygen atoms in total. The topological polar surface area (TPSA) is 12.0 Å². The number of allylic oxidation sites excluding steroid dienone is 7. The van der Waals surface area contributed by atoms with E-state index in [1.165, 1.54) is 11.1 Å². The molecule has 2 unspecified atom stereocenters. The van der Waals surface area contributed by atoms with Crippen LogP contribution in [-0.2, 0) is 0 Å². The predicted molar refractivity (Wildman–Crippen MR) is 116 cm³/mol. The molecule has 1 aliphatic carbocycles. The average molecular weight is 368 g/mol. The van der Waals surface area contributed by atoms with Gasteiger partial charge in [-0.1, -0.05) is 75.6 Å². The fourth-order valence-electron chi connectivity index (χ4n) is 3.27. The molecule has 0 saturated heterocycles. The molecule has 0 amide bonds. The summed E-state index contributed by atoms with van der Waals surface area (Å²) in [7, 11) is 0. The van der Waals surface area contributed by atoms with Gasteiger partial charge in [0, 0.05) is 16.8 Å². The molecule has 2 atom stereocenters. The lowest BCUT2D eigenvalue weighted by Gasteiger charge is -2.35. The van der Waals surface area contributed by atoms with Crippen LogP contribution in [0.15, 0.2) is 84.1 Å². The minimum absolute atomic E-state index is 0.0994. The molecule has 26 heavy (non-hydrogen) atoms. The molecule has 1 aliphatic rings. The second-order valence-electron chi connectivity index (χ2n) is 7.15. The summed E-state index contributed by atoms with van der Waals surface area (Å²) in [5.74, 6) is 0. The smallest absolute Gasteiger partial charge is 0.0553 e. The molecule has 1 aromatic carbocycles. The van der Waals surface area contributed by atoms with E-state index in [9.17, 15) is 0 Å². The van der Waals surface area contributed by atoms with Crippen molar-refractivity contribution >= 4 is 17.3 Å². The van der Waals surface area contributed by atoms with E-state index < -0.39 is 0 Å². The van der Waals surface area contributed by atoms with Gasteiger partial charge in [0.2, 0.25) is 0 Å². The predicted octanol–water partition coefficient (Wildman–Crippen LogP) is 7.01. The number of rotatable bonds is 7. The number of benzene rings is 1. The summed E-state index contributed by atoms with van der Waals surface area (Å²) in [4.78, 5) is 0. The van der Waals surface area contributed by atoms with Crippen LogP contribution >= 0.6 is 11.6 Å². The molecule has 0 aliphatic heterocycles. The summed E-state index contributed by atoms with van der Waals surface area (Å²) >= 11 is 6.20. The van der Waals surface area contributed by atoms with Gasteiger partial charge in [0.25, 0.3) is 0 Å². The molecule has 0 bridgehead atoms. The van der Waals surface area contributed by atoms with Crippen LogP contribution in [-0.4, -0.2) is 5.38 Å². The van der Waals surface area contributed by atoms with Gasteiger partial charge in [0.05, 0.1) is 5.38 Å². The Hall–Kier alpha value is -1.99. The van der Waals surface area contributed by atoms with Crippen molar-refractivity contribution in [3.63, 3.8) is 0 Å². The number of hydrogen-bond acceptors (Lipinski definition) is 1. The van der Waals surface area contributed by atoms with Crippen LogP contribution in [0.2, 0.25) is 0 Å². The Kier molecular flexibility index (Phi) is 6.72. The van der Waals surface area contributed by atoms with E-state index in [4.69, 9.17) is 11.6 Å². The molecule has 0 radical (unpaired) electrons. The van der Waals surface area contributed by atoms with Gasteiger partial charge in [0.1, 0.15) is 0 Å². The summed E-state index contributed by atoms with van der Waals surface area (Å²) in [5.41, 5.74) is 6.58. The highest BCUT2D eigenvalue weighted by Crippen LogP contribution is 2.43. The van der Waals surface area contributed by atoms with Crippen LogP contribution in [0.5, 0.6) is 0 Å². The molecular weight excluding hydrogens is 338 g/mol. The van der Waals surface area contributed by atoms with E-state index >= 15 is 0 Å². The second kappa shape index (κ2) is 8.60. The first-order chi connectivity index (χ1) is 12.3. The average Bonchev–Trinajstić information content (AvgIpc) is 2.67. The first-order valence-corrected chi connectivity index (χ1v) is 9.64. The van der Waals surface area contributed by atoms with Gasteiger partial charge in [0.15, 0.2) is 0 Å². The highest BCUT2D eigenvalue weighted by Gasteiger charge is 2.31. The monoisotopic (exact) mass is 367 g/mol. The SMILES string of the molecule is C=C(N/C(C)=C(\C)C(=C)C(C)(CC)C1=CCC(Cl)C=C1)c1ccccc1. The summed E-state index contributed by atoms with van der Waals surface area (Å²) in [6.45, 7) is 17.3. The van der Waals surface area contributed by atoms with Crippen molar-refractivity contribution in [3.8, 4) is 0 Å². The Balaban J connectivity index is 2.23. The summed E-state index contributed by atoms with van der Waals surface area (Å²) in [6.07, 6.45) is 8.36. The normalized spacial score (nSPS) is 19.9. The lowest BCUT2D eigenvalue weighted by atomic mass is 9.70. The first kappa shape index (κ1) is 20.3. The van der Waals surface area contributed by atoms with Crippen molar-refractivity contribution in [1.29, 1.82) is 0 Å². The van der Waals surface area contributed by atoms with Gasteiger partial charge < -0.3 is 5.32 Å². The largest absolute Gasteiger partial charge is 0.359 e. The Bertz CT molecular complexity index is 767. The van der Waals surface area contributed by atoms with Gasteiger partial charge in [-0.05, 0) is 49.0 Å². The molecule has 0 aromatic heterocycles. The summed E-state index contributed by atoms with van der Waals surface area (Å²) in [6, 6.07) is 10.2. The zero-order chi connectivity index (χ0) is 19.3. The minimum Gasteiger partial charge on any atom is -0.359 e. The molecule has 0 saturated carbocycles. The maximum absolute atomic E-state index is 6.20. The van der Waals surface area contributed by atoms with E-state index in [-0.39, 0.29) is 10.8 Å². The number of alkyl halides is 1. The van der Waals surface area contributed by atoms with E-state index in [1.807, 2.05) is 18.2 Å². The molecule has 1 aromatic rings. The third kappa shape index (κ3) is 4.40. The van der Waals surface area contributed by atoms with Crippen LogP contribution in [0.3, 0.4) is 0 Å². The third-order valence-electron chi connectivity index (χ3n) is 5.53. The highest BCUT2D eigenvalue weighted by molar-refractivity contribution is 6.22. The van der Waals surface area contributed by atoms with Crippen LogP contribution in [0, 0.1) is 5.41 Å². The fraction of sp³-hybridized carbons (Fsp3) is 0.333. The van der Waals surface area contributed by atoms with Crippen LogP contribution in [0.1, 0.15) is 46.1 Å². The quantitative estimate of drug-likeness (QED) is 0.403. The fourth-order valence-corrected chi connectivity index (χ4v) is 3.43. The number of halogens is 1. The lowest BCUT2D eigenvalue weighted by molar-refractivity contribution is 0.474. The van der Waals surface area contributed by atoms with Crippen molar-refractivity contribution < 1.29 is 0 Å².